The number of para-hydroxylation sites is 6. The number of thiophene rings is 1. The Labute approximate surface area is 439 Å². The molecule has 9 aromatic carbocycles. The quantitative estimate of drug-likeness (QED) is 0.112. The fraction of sp³-hybridized carbons (Fsp3) is 0.200. The number of nitrogens with zero attached hydrogens (tertiary/aromatic N) is 4. The van der Waals surface area contributed by atoms with Gasteiger partial charge in [0, 0.05) is 40.3 Å². The van der Waals surface area contributed by atoms with Crippen LogP contribution >= 0.6 is 11.3 Å². The molecule has 1 radical (unpaired) electrons. The average molecular weight is 1120 g/mol. The Kier molecular flexibility index (Phi) is 12.1. The maximum absolute atomic E-state index is 7.87. The zero-order valence-electron chi connectivity index (χ0n) is 44.4. The number of aromatic nitrogens is 4. The first-order valence-corrected chi connectivity index (χ1v) is 25.4. The van der Waals surface area contributed by atoms with Crippen LogP contribution in [-0.4, -0.2) is 19.1 Å². The standard InChI is InChI=1S/C40H33N2S.C25H25N2.Ir/c1-23(2)28-10-8-11-29(24(3)4)38(28)42-36-15-7-6-14-35(36)41-40(42)32-13-9-12-31-34-22-33-27(21-37(34)43-39(31)32)18-17-26-20-25(5)16-19-30(26)33;1-17(2)20-13-10-14-21(18(3)4)24(20)27-23-16-9-8-15-22(23)26-25(27)19-11-6-5-7-12-19;/h6-12,14-24H,1-5H3;5-11,13-18H,1-4H3;/q2*-1;/i5D3;;. The van der Waals surface area contributed by atoms with Gasteiger partial charge in [0.25, 0.3) is 0 Å². The second-order valence-electron chi connectivity index (χ2n) is 19.8. The Balaban J connectivity index is 0.000000191. The number of rotatable bonds is 8. The van der Waals surface area contributed by atoms with E-state index < -0.39 is 6.85 Å². The Morgan fingerprint density at radius 2 is 1.03 bits per heavy atom. The predicted molar refractivity (Wildman–Crippen MR) is 300 cm³/mol. The topological polar surface area (TPSA) is 35.6 Å². The third-order valence-electron chi connectivity index (χ3n) is 13.8. The van der Waals surface area contributed by atoms with E-state index in [-0.39, 0.29) is 20.1 Å². The first-order valence-electron chi connectivity index (χ1n) is 26.1. The molecular weight excluding hydrogens is 1060 g/mol. The van der Waals surface area contributed by atoms with Crippen molar-refractivity contribution in [1.82, 2.24) is 19.1 Å². The minimum Gasteiger partial charge on any atom is -0.333 e. The molecule has 0 spiro atoms. The average Bonchev–Trinajstić information content (AvgIpc) is 4.09. The summed E-state index contributed by atoms with van der Waals surface area (Å²) in [7, 11) is 0. The van der Waals surface area contributed by atoms with Crippen LogP contribution in [0.4, 0.5) is 0 Å². The van der Waals surface area contributed by atoms with Crippen LogP contribution in [-0.2, 0) is 20.1 Å². The number of hydrogen-bond donors (Lipinski definition) is 0. The van der Waals surface area contributed by atoms with Gasteiger partial charge in [-0.1, -0.05) is 163 Å². The molecule has 4 nitrogen and oxygen atoms in total. The zero-order chi connectivity index (χ0) is 50.9. The number of imidazole rings is 2. The second-order valence-corrected chi connectivity index (χ2v) is 20.8. The molecule has 0 amide bonds. The van der Waals surface area contributed by atoms with Gasteiger partial charge in [0.1, 0.15) is 0 Å². The van der Waals surface area contributed by atoms with Crippen molar-refractivity contribution in [2.24, 2.45) is 0 Å². The maximum Gasteiger partial charge on any atom is 0.0774 e. The summed E-state index contributed by atoms with van der Waals surface area (Å²) < 4.78 is 30.7. The van der Waals surface area contributed by atoms with Crippen LogP contribution in [0.5, 0.6) is 0 Å². The summed E-state index contributed by atoms with van der Waals surface area (Å²) in [6.45, 7) is 16.0. The van der Waals surface area contributed by atoms with Crippen molar-refractivity contribution in [2.45, 2.75) is 85.9 Å². The van der Waals surface area contributed by atoms with Crippen molar-refractivity contribution >= 4 is 75.1 Å². The molecule has 3 aromatic heterocycles. The molecule has 0 unspecified atom stereocenters. The fourth-order valence-corrected chi connectivity index (χ4v) is 11.6. The van der Waals surface area contributed by atoms with E-state index in [1.807, 2.05) is 36.4 Å². The van der Waals surface area contributed by atoms with Crippen LogP contribution < -0.4 is 0 Å². The molecule has 12 rings (SSSR count). The molecule has 6 heteroatoms. The van der Waals surface area contributed by atoms with E-state index in [1.54, 1.807) is 23.5 Å². The van der Waals surface area contributed by atoms with E-state index in [4.69, 9.17) is 14.1 Å². The van der Waals surface area contributed by atoms with Crippen molar-refractivity contribution in [1.29, 1.82) is 0 Å². The summed E-state index contributed by atoms with van der Waals surface area (Å²) in [6.07, 6.45) is 0. The van der Waals surface area contributed by atoms with Crippen LogP contribution in [0.3, 0.4) is 0 Å². The van der Waals surface area contributed by atoms with Gasteiger partial charge in [0.15, 0.2) is 0 Å². The van der Waals surface area contributed by atoms with Gasteiger partial charge < -0.3 is 9.13 Å². The molecule has 0 aliphatic carbocycles. The summed E-state index contributed by atoms with van der Waals surface area (Å²) in [4.78, 5) is 10.3. The third kappa shape index (κ3) is 8.50. The molecule has 0 aliphatic heterocycles. The molecule has 12 aromatic rings. The summed E-state index contributed by atoms with van der Waals surface area (Å²) >= 11 is 1.79. The number of aryl methyl sites for hydroxylation is 1. The van der Waals surface area contributed by atoms with Crippen LogP contribution in [0.15, 0.2) is 164 Å². The molecule has 0 bridgehead atoms. The van der Waals surface area contributed by atoms with Crippen LogP contribution in [0.25, 0.3) is 97.9 Å². The van der Waals surface area contributed by atoms with Crippen LogP contribution in [0.1, 0.15) is 111 Å². The van der Waals surface area contributed by atoms with Crippen molar-refractivity contribution in [3.8, 4) is 34.2 Å². The van der Waals surface area contributed by atoms with Gasteiger partial charge in [0.2, 0.25) is 0 Å². The smallest absolute Gasteiger partial charge is 0.0774 e. The predicted octanol–water partition coefficient (Wildman–Crippen LogP) is 18.5. The van der Waals surface area contributed by atoms with E-state index in [9.17, 15) is 0 Å². The first kappa shape index (κ1) is 44.3. The summed E-state index contributed by atoms with van der Waals surface area (Å²) in [5.41, 5.74) is 14.4. The van der Waals surface area contributed by atoms with Crippen LogP contribution in [0, 0.1) is 19.0 Å². The third-order valence-corrected chi connectivity index (χ3v) is 15.0. The van der Waals surface area contributed by atoms with Gasteiger partial charge in [-0.2, -0.15) is 11.3 Å². The Morgan fingerprint density at radius 3 is 1.59 bits per heavy atom. The summed E-state index contributed by atoms with van der Waals surface area (Å²) in [5, 5.41) is 6.61. The first-order chi connectivity index (χ1) is 35.2. The van der Waals surface area contributed by atoms with Crippen molar-refractivity contribution in [2.75, 3.05) is 0 Å². The van der Waals surface area contributed by atoms with Gasteiger partial charge >= 0.3 is 0 Å². The van der Waals surface area contributed by atoms with Crippen molar-refractivity contribution in [3.63, 3.8) is 0 Å². The van der Waals surface area contributed by atoms with Gasteiger partial charge in [0.05, 0.1) is 33.7 Å². The Hall–Kier alpha value is -6.69. The Morgan fingerprint density at radius 1 is 0.479 bits per heavy atom. The molecule has 0 saturated carbocycles. The van der Waals surface area contributed by atoms with E-state index in [1.165, 1.54) is 49.1 Å². The van der Waals surface area contributed by atoms with Gasteiger partial charge in [-0.15, -0.1) is 54.1 Å². The summed E-state index contributed by atoms with van der Waals surface area (Å²) in [5.74, 6) is 3.38. The maximum atomic E-state index is 7.87. The molecular formula is C65H58IrN4S-2. The normalized spacial score (nSPS) is 12.6. The molecule has 71 heavy (non-hydrogen) atoms. The van der Waals surface area contributed by atoms with E-state index in [0.29, 0.717) is 29.2 Å². The minimum absolute atomic E-state index is 0. The zero-order valence-corrected chi connectivity index (χ0v) is 44.6. The van der Waals surface area contributed by atoms with Crippen LogP contribution in [0.2, 0.25) is 0 Å². The van der Waals surface area contributed by atoms with E-state index in [2.05, 4.69) is 192 Å². The SMILES string of the molecule is CC(C)c1cccc(C(C)C)c1-n1c(-c2[c-]cccc2)nc2ccccc21.[2H]C([2H])([2H])c1ccc2c(ccc3cc4sc5c(-c6nc7ccccc7n6-c6c(C(C)C)cccc6C(C)C)[c-]ccc5c4cc32)c1.[Ir]. The van der Waals surface area contributed by atoms with Gasteiger partial charge in [-0.25, -0.2) is 0 Å². The second kappa shape index (κ2) is 19.5. The van der Waals surface area contributed by atoms with Gasteiger partial charge in [-0.05, 0) is 121 Å². The van der Waals surface area contributed by atoms with Gasteiger partial charge in [-0.3, -0.25) is 9.97 Å². The monoisotopic (exact) mass is 1120 g/mol. The number of fused-ring (bicyclic) bond motifs is 8. The minimum atomic E-state index is -2.13. The molecule has 355 valence electrons. The summed E-state index contributed by atoms with van der Waals surface area (Å²) in [6, 6.07) is 63.6. The van der Waals surface area contributed by atoms with E-state index >= 15 is 0 Å². The molecule has 0 aliphatic rings. The van der Waals surface area contributed by atoms with Crippen molar-refractivity contribution in [3.05, 3.63) is 204 Å². The largest absolute Gasteiger partial charge is 0.333 e. The molecule has 3 heterocycles. The molecule has 0 atom stereocenters. The van der Waals surface area contributed by atoms with Crippen molar-refractivity contribution < 1.29 is 24.2 Å². The number of benzene rings is 9. The molecule has 0 N–H and O–H groups in total. The molecule has 0 saturated heterocycles. The molecule has 0 fully saturated rings. The number of hydrogen-bond acceptors (Lipinski definition) is 3. The Bertz CT molecular complexity index is 3990. The fourth-order valence-electron chi connectivity index (χ4n) is 10.4. The van der Waals surface area contributed by atoms with E-state index in [0.717, 1.165) is 71.1 Å².